The number of carbonyl (C=O) groups excluding carboxylic acids is 1. The second kappa shape index (κ2) is 12.3. The van der Waals surface area contributed by atoms with Gasteiger partial charge in [-0.15, -0.1) is 0 Å². The van der Waals surface area contributed by atoms with Crippen LogP contribution in [0.15, 0.2) is 71.6 Å². The molecular formula is C30H34F2N4O3S. The predicted octanol–water partition coefficient (Wildman–Crippen LogP) is 5.15. The Bertz CT molecular complexity index is 1420. The lowest BCUT2D eigenvalue weighted by molar-refractivity contribution is 0.0951. The Balaban J connectivity index is 1.36. The number of nitrogens with one attached hydrogen (secondary N) is 2. The van der Waals surface area contributed by atoms with E-state index in [4.69, 9.17) is 0 Å². The Morgan fingerprint density at radius 2 is 1.45 bits per heavy atom. The minimum absolute atomic E-state index is 0.0758. The van der Waals surface area contributed by atoms with Crippen LogP contribution in [-0.2, 0) is 16.6 Å². The number of amides is 1. The van der Waals surface area contributed by atoms with Gasteiger partial charge in [0.15, 0.2) is 0 Å². The van der Waals surface area contributed by atoms with Gasteiger partial charge < -0.3 is 10.2 Å². The van der Waals surface area contributed by atoms with E-state index in [0.29, 0.717) is 11.7 Å². The molecule has 2 N–H and O–H groups in total. The second-order valence-corrected chi connectivity index (χ2v) is 12.1. The van der Waals surface area contributed by atoms with Crippen LogP contribution in [0.2, 0.25) is 0 Å². The molecule has 0 spiro atoms. The van der Waals surface area contributed by atoms with Crippen LogP contribution in [0.5, 0.6) is 0 Å². The number of piperazine rings is 1. The van der Waals surface area contributed by atoms with E-state index in [2.05, 4.69) is 19.8 Å². The van der Waals surface area contributed by atoms with Gasteiger partial charge in [-0.2, -0.15) is 0 Å². The van der Waals surface area contributed by atoms with Gasteiger partial charge >= 0.3 is 0 Å². The van der Waals surface area contributed by atoms with Gasteiger partial charge in [0.2, 0.25) is 0 Å². The molecule has 10 heteroatoms. The van der Waals surface area contributed by atoms with Crippen molar-refractivity contribution in [3.05, 3.63) is 89.5 Å². The predicted molar refractivity (Wildman–Crippen MR) is 152 cm³/mol. The van der Waals surface area contributed by atoms with Crippen molar-refractivity contribution in [2.45, 2.75) is 49.6 Å². The minimum Gasteiger partial charge on any atom is -0.367 e. The van der Waals surface area contributed by atoms with Crippen molar-refractivity contribution in [3.8, 4) is 0 Å². The molecule has 1 saturated heterocycles. The number of benzene rings is 3. The number of hydrogen-bond donors (Lipinski definition) is 2. The first-order valence-corrected chi connectivity index (χ1v) is 15.2. The Morgan fingerprint density at radius 3 is 2.10 bits per heavy atom. The van der Waals surface area contributed by atoms with Crippen molar-refractivity contribution in [3.63, 3.8) is 0 Å². The number of nitrogens with zero attached hydrogens (tertiary/aromatic N) is 2. The number of rotatable bonds is 8. The topological polar surface area (TPSA) is 81.8 Å². The normalized spacial score (nSPS) is 17.0. The molecule has 0 unspecified atom stereocenters. The standard InChI is InChI=1S/C30H34F2N4O3S/c31-24-9-6-22(7-10-24)21-33-30(37)23-8-15-29(36-18-16-35(17-19-36)26-4-2-1-3-5-26)28(20-23)34-40(38,39)27-13-11-25(32)12-14-27/h6-15,20,26,34H,1-5,16-19,21H2,(H,33,37). The molecule has 3 aromatic rings. The summed E-state index contributed by atoms with van der Waals surface area (Å²) in [6, 6.07) is 16.0. The highest BCUT2D eigenvalue weighted by Gasteiger charge is 2.27. The van der Waals surface area contributed by atoms with E-state index in [9.17, 15) is 22.0 Å². The van der Waals surface area contributed by atoms with E-state index in [0.717, 1.165) is 43.9 Å². The van der Waals surface area contributed by atoms with Crippen LogP contribution in [0.25, 0.3) is 0 Å². The van der Waals surface area contributed by atoms with Crippen molar-refractivity contribution in [1.82, 2.24) is 10.2 Å². The summed E-state index contributed by atoms with van der Waals surface area (Å²) in [5.74, 6) is -1.28. The quantitative estimate of drug-likeness (QED) is 0.393. The zero-order chi connectivity index (χ0) is 28.1. The fourth-order valence-corrected chi connectivity index (χ4v) is 6.58. The summed E-state index contributed by atoms with van der Waals surface area (Å²) in [6.07, 6.45) is 6.29. The Labute approximate surface area is 234 Å². The number of halogens is 2. The maximum atomic E-state index is 13.4. The molecule has 0 atom stereocenters. The molecule has 1 amide bonds. The maximum absolute atomic E-state index is 13.4. The van der Waals surface area contributed by atoms with Crippen molar-refractivity contribution < 1.29 is 22.0 Å². The zero-order valence-corrected chi connectivity index (χ0v) is 23.1. The van der Waals surface area contributed by atoms with Crippen LogP contribution in [0, 0.1) is 11.6 Å². The summed E-state index contributed by atoms with van der Waals surface area (Å²) in [5, 5.41) is 2.80. The van der Waals surface area contributed by atoms with E-state index >= 15 is 0 Å². The monoisotopic (exact) mass is 568 g/mol. The van der Waals surface area contributed by atoms with Crippen molar-refractivity contribution >= 4 is 27.3 Å². The molecule has 1 aliphatic carbocycles. The number of sulfonamides is 1. The van der Waals surface area contributed by atoms with Crippen molar-refractivity contribution in [2.75, 3.05) is 35.8 Å². The highest BCUT2D eigenvalue weighted by atomic mass is 32.2. The van der Waals surface area contributed by atoms with Gasteiger partial charge in [-0.3, -0.25) is 14.4 Å². The number of carbonyl (C=O) groups is 1. The first kappa shape index (κ1) is 28.0. The molecule has 7 nitrogen and oxygen atoms in total. The first-order chi connectivity index (χ1) is 19.3. The van der Waals surface area contributed by atoms with E-state index < -0.39 is 15.8 Å². The van der Waals surface area contributed by atoms with Crippen LogP contribution in [0.4, 0.5) is 20.2 Å². The summed E-state index contributed by atoms with van der Waals surface area (Å²) in [6.45, 7) is 3.43. The van der Waals surface area contributed by atoms with Crippen molar-refractivity contribution in [1.29, 1.82) is 0 Å². The Kier molecular flexibility index (Phi) is 8.66. The highest BCUT2D eigenvalue weighted by molar-refractivity contribution is 7.92. The third-order valence-corrected chi connectivity index (χ3v) is 9.12. The van der Waals surface area contributed by atoms with Gasteiger partial charge in [0.25, 0.3) is 15.9 Å². The summed E-state index contributed by atoms with van der Waals surface area (Å²) in [5.41, 5.74) is 1.98. The molecule has 3 aromatic carbocycles. The molecule has 1 aliphatic heterocycles. The Morgan fingerprint density at radius 1 is 0.825 bits per heavy atom. The summed E-state index contributed by atoms with van der Waals surface area (Å²) in [4.78, 5) is 17.6. The molecule has 2 aliphatic rings. The van der Waals surface area contributed by atoms with Crippen LogP contribution in [-0.4, -0.2) is 51.4 Å². The fraction of sp³-hybridized carbons (Fsp3) is 0.367. The largest absolute Gasteiger partial charge is 0.367 e. The minimum atomic E-state index is -4.04. The third-order valence-electron chi connectivity index (χ3n) is 7.74. The second-order valence-electron chi connectivity index (χ2n) is 10.4. The summed E-state index contributed by atoms with van der Waals surface area (Å²) in [7, 11) is -4.04. The molecule has 40 heavy (non-hydrogen) atoms. The molecule has 1 heterocycles. The molecule has 212 valence electrons. The van der Waals surface area contributed by atoms with E-state index in [1.165, 1.54) is 62.4 Å². The number of hydrogen-bond acceptors (Lipinski definition) is 5. The molecule has 0 radical (unpaired) electrons. The van der Waals surface area contributed by atoms with Crippen LogP contribution < -0.4 is 14.9 Å². The summed E-state index contributed by atoms with van der Waals surface area (Å²) >= 11 is 0. The molecular weight excluding hydrogens is 534 g/mol. The van der Waals surface area contributed by atoms with Gasteiger partial charge in [0.1, 0.15) is 11.6 Å². The maximum Gasteiger partial charge on any atom is 0.261 e. The average Bonchev–Trinajstić information content (AvgIpc) is 2.97. The molecule has 0 bridgehead atoms. The molecule has 1 saturated carbocycles. The van der Waals surface area contributed by atoms with Gasteiger partial charge in [-0.1, -0.05) is 31.4 Å². The van der Waals surface area contributed by atoms with Crippen LogP contribution >= 0.6 is 0 Å². The first-order valence-electron chi connectivity index (χ1n) is 13.7. The third kappa shape index (κ3) is 6.79. The molecule has 5 rings (SSSR count). The van der Waals surface area contributed by atoms with E-state index in [1.807, 2.05) is 0 Å². The van der Waals surface area contributed by atoms with Gasteiger partial charge in [-0.05, 0) is 73.0 Å². The van der Waals surface area contributed by atoms with Gasteiger partial charge in [-0.25, -0.2) is 17.2 Å². The summed E-state index contributed by atoms with van der Waals surface area (Å²) < 4.78 is 55.8. The van der Waals surface area contributed by atoms with Crippen LogP contribution in [0.3, 0.4) is 0 Å². The fourth-order valence-electron chi connectivity index (χ4n) is 5.51. The number of anilines is 2. The van der Waals surface area contributed by atoms with E-state index in [1.54, 1.807) is 24.3 Å². The van der Waals surface area contributed by atoms with Crippen LogP contribution in [0.1, 0.15) is 48.0 Å². The lowest BCUT2D eigenvalue weighted by Gasteiger charge is -2.42. The lowest BCUT2D eigenvalue weighted by atomic mass is 9.94. The lowest BCUT2D eigenvalue weighted by Crippen LogP contribution is -2.51. The Hall–Kier alpha value is -3.50. The zero-order valence-electron chi connectivity index (χ0n) is 22.3. The van der Waals surface area contributed by atoms with E-state index in [-0.39, 0.29) is 34.4 Å². The molecule has 2 fully saturated rings. The van der Waals surface area contributed by atoms with Gasteiger partial charge in [0, 0.05) is 44.3 Å². The van der Waals surface area contributed by atoms with Gasteiger partial charge in [0.05, 0.1) is 16.3 Å². The highest BCUT2D eigenvalue weighted by Crippen LogP contribution is 2.32. The SMILES string of the molecule is O=C(NCc1ccc(F)cc1)c1ccc(N2CCN(C3CCCCC3)CC2)c(NS(=O)(=O)c2ccc(F)cc2)c1. The smallest absolute Gasteiger partial charge is 0.261 e. The average molecular weight is 569 g/mol. The molecule has 0 aromatic heterocycles. The van der Waals surface area contributed by atoms with Crippen molar-refractivity contribution in [2.24, 2.45) is 0 Å².